The second-order valence-corrected chi connectivity index (χ2v) is 4.27. The third kappa shape index (κ3) is 3.65. The van der Waals surface area contributed by atoms with Crippen molar-refractivity contribution in [3.63, 3.8) is 0 Å². The van der Waals surface area contributed by atoms with Crippen molar-refractivity contribution in [1.82, 2.24) is 4.90 Å². The van der Waals surface area contributed by atoms with Crippen LogP contribution in [0.4, 0.5) is 0 Å². The summed E-state index contributed by atoms with van der Waals surface area (Å²) >= 11 is 0. The number of nitrogens with zero attached hydrogens (tertiary/aromatic N) is 1. The number of hydrogen-bond acceptors (Lipinski definition) is 3. The number of ether oxygens (including phenoxy) is 2. The molecule has 1 aromatic rings. The van der Waals surface area contributed by atoms with E-state index in [1.54, 1.807) is 39.4 Å². The number of amides is 1. The average Bonchev–Trinajstić information content (AvgIpc) is 2.38. The fourth-order valence-electron chi connectivity index (χ4n) is 1.50. The monoisotopic (exact) mass is 251 g/mol. The van der Waals surface area contributed by atoms with Crippen LogP contribution in [0, 0.1) is 0 Å². The van der Waals surface area contributed by atoms with Crippen LogP contribution < -0.4 is 9.47 Å². The Morgan fingerprint density at radius 2 is 2.00 bits per heavy atom. The van der Waals surface area contributed by atoms with Crippen LogP contribution in [0.25, 0.3) is 0 Å². The lowest BCUT2D eigenvalue weighted by atomic mass is 10.2. The van der Waals surface area contributed by atoms with Gasteiger partial charge >= 0.3 is 0 Å². The lowest BCUT2D eigenvalue weighted by molar-refractivity contribution is 0.0827. The molecule has 0 bridgehead atoms. The molecule has 100 valence electrons. The van der Waals surface area contributed by atoms with Gasteiger partial charge in [0.05, 0.1) is 13.7 Å². The predicted molar refractivity (Wildman–Crippen MR) is 71.4 cm³/mol. The van der Waals surface area contributed by atoms with E-state index in [2.05, 4.69) is 6.92 Å². The smallest absolute Gasteiger partial charge is 0.253 e. The minimum absolute atomic E-state index is 0.0478. The summed E-state index contributed by atoms with van der Waals surface area (Å²) in [5.41, 5.74) is 0.597. The molecule has 4 nitrogen and oxygen atoms in total. The molecule has 4 heteroatoms. The predicted octanol–water partition coefficient (Wildman–Crippen LogP) is 2.58. The fourth-order valence-corrected chi connectivity index (χ4v) is 1.50. The highest BCUT2D eigenvalue weighted by Gasteiger charge is 2.12. The number of unbranched alkanes of at least 4 members (excludes halogenated alkanes) is 1. The maximum atomic E-state index is 11.8. The van der Waals surface area contributed by atoms with Gasteiger partial charge in [0.25, 0.3) is 5.91 Å². The highest BCUT2D eigenvalue weighted by molar-refractivity contribution is 5.94. The number of hydrogen-bond donors (Lipinski definition) is 0. The molecule has 0 spiro atoms. The van der Waals surface area contributed by atoms with E-state index >= 15 is 0 Å². The Balaban J connectivity index is 2.86. The summed E-state index contributed by atoms with van der Waals surface area (Å²) in [6.07, 6.45) is 2.08. The molecular weight excluding hydrogens is 230 g/mol. The third-order valence-electron chi connectivity index (χ3n) is 2.57. The zero-order chi connectivity index (χ0) is 13.5. The maximum absolute atomic E-state index is 11.8. The maximum Gasteiger partial charge on any atom is 0.253 e. The van der Waals surface area contributed by atoms with E-state index in [4.69, 9.17) is 9.47 Å². The SMILES string of the molecule is CCCCOc1ccc(C(=O)N(C)C)cc1OC. The lowest BCUT2D eigenvalue weighted by Gasteiger charge is -2.14. The van der Waals surface area contributed by atoms with Gasteiger partial charge in [-0.05, 0) is 24.6 Å². The molecule has 0 aliphatic heterocycles. The molecule has 0 unspecified atom stereocenters. The van der Waals surface area contributed by atoms with Crippen LogP contribution in [-0.2, 0) is 0 Å². The molecule has 0 heterocycles. The van der Waals surface area contributed by atoms with Crippen molar-refractivity contribution in [2.24, 2.45) is 0 Å². The van der Waals surface area contributed by atoms with E-state index in [1.165, 1.54) is 4.90 Å². The highest BCUT2D eigenvalue weighted by atomic mass is 16.5. The number of carbonyl (C=O) groups is 1. The standard InChI is InChI=1S/C14H21NO3/c1-5-6-9-18-12-8-7-11(10-13(12)17-4)14(16)15(2)3/h7-8,10H,5-6,9H2,1-4H3. The van der Waals surface area contributed by atoms with E-state index in [-0.39, 0.29) is 5.91 Å². The largest absolute Gasteiger partial charge is 0.493 e. The molecule has 0 atom stereocenters. The molecule has 0 aromatic heterocycles. The molecule has 1 rings (SSSR count). The molecule has 18 heavy (non-hydrogen) atoms. The van der Waals surface area contributed by atoms with Crippen LogP contribution in [0.15, 0.2) is 18.2 Å². The van der Waals surface area contributed by atoms with Crippen molar-refractivity contribution in [3.05, 3.63) is 23.8 Å². The Morgan fingerprint density at radius 3 is 2.56 bits per heavy atom. The normalized spacial score (nSPS) is 10.0. The van der Waals surface area contributed by atoms with Gasteiger partial charge in [-0.15, -0.1) is 0 Å². The highest BCUT2D eigenvalue weighted by Crippen LogP contribution is 2.28. The van der Waals surface area contributed by atoms with Crippen molar-refractivity contribution in [2.45, 2.75) is 19.8 Å². The van der Waals surface area contributed by atoms with Crippen LogP contribution in [0.1, 0.15) is 30.1 Å². The van der Waals surface area contributed by atoms with E-state index in [9.17, 15) is 4.79 Å². The van der Waals surface area contributed by atoms with Crippen LogP contribution in [0.2, 0.25) is 0 Å². The Labute approximate surface area is 108 Å². The first-order chi connectivity index (χ1) is 8.60. The lowest BCUT2D eigenvalue weighted by Crippen LogP contribution is -2.21. The van der Waals surface area contributed by atoms with Gasteiger partial charge in [0.15, 0.2) is 11.5 Å². The van der Waals surface area contributed by atoms with Crippen molar-refractivity contribution in [2.75, 3.05) is 27.8 Å². The van der Waals surface area contributed by atoms with Crippen LogP contribution in [0.3, 0.4) is 0 Å². The quantitative estimate of drug-likeness (QED) is 0.729. The van der Waals surface area contributed by atoms with Crippen LogP contribution in [-0.4, -0.2) is 38.6 Å². The summed E-state index contributed by atoms with van der Waals surface area (Å²) in [6, 6.07) is 5.25. The van der Waals surface area contributed by atoms with E-state index in [1.807, 2.05) is 0 Å². The van der Waals surface area contributed by atoms with Gasteiger partial charge in [0.2, 0.25) is 0 Å². The summed E-state index contributed by atoms with van der Waals surface area (Å²) in [5.74, 6) is 1.23. The second-order valence-electron chi connectivity index (χ2n) is 4.27. The first kappa shape index (κ1) is 14.4. The first-order valence-corrected chi connectivity index (χ1v) is 6.12. The van der Waals surface area contributed by atoms with Crippen molar-refractivity contribution < 1.29 is 14.3 Å². The Bertz CT molecular complexity index is 402. The van der Waals surface area contributed by atoms with E-state index in [0.29, 0.717) is 23.7 Å². The first-order valence-electron chi connectivity index (χ1n) is 6.12. The number of carbonyl (C=O) groups excluding carboxylic acids is 1. The van der Waals surface area contributed by atoms with Gasteiger partial charge in [-0.25, -0.2) is 0 Å². The molecule has 0 aliphatic rings. The molecule has 0 saturated heterocycles. The van der Waals surface area contributed by atoms with Gasteiger partial charge in [-0.1, -0.05) is 13.3 Å². The summed E-state index contributed by atoms with van der Waals surface area (Å²) in [6.45, 7) is 2.77. The van der Waals surface area contributed by atoms with Crippen molar-refractivity contribution in [3.8, 4) is 11.5 Å². The fraction of sp³-hybridized carbons (Fsp3) is 0.500. The number of rotatable bonds is 6. The second kappa shape index (κ2) is 6.89. The minimum Gasteiger partial charge on any atom is -0.493 e. The topological polar surface area (TPSA) is 38.8 Å². The molecule has 1 amide bonds. The summed E-state index contributed by atoms with van der Waals surface area (Å²) < 4.78 is 10.9. The average molecular weight is 251 g/mol. The minimum atomic E-state index is -0.0478. The van der Waals surface area contributed by atoms with Gasteiger partial charge in [0, 0.05) is 19.7 Å². The Kier molecular flexibility index (Phi) is 5.49. The van der Waals surface area contributed by atoms with Gasteiger partial charge < -0.3 is 14.4 Å². The number of methoxy groups -OCH3 is 1. The van der Waals surface area contributed by atoms with Crippen LogP contribution in [0.5, 0.6) is 11.5 Å². The zero-order valence-electron chi connectivity index (χ0n) is 11.5. The molecule has 0 aliphatic carbocycles. The van der Waals surface area contributed by atoms with Gasteiger partial charge in [-0.2, -0.15) is 0 Å². The molecule has 1 aromatic carbocycles. The van der Waals surface area contributed by atoms with Crippen molar-refractivity contribution >= 4 is 5.91 Å². The van der Waals surface area contributed by atoms with Crippen molar-refractivity contribution in [1.29, 1.82) is 0 Å². The summed E-state index contributed by atoms with van der Waals surface area (Å²) in [7, 11) is 5.02. The molecule has 0 N–H and O–H groups in total. The summed E-state index contributed by atoms with van der Waals surface area (Å²) in [5, 5.41) is 0. The van der Waals surface area contributed by atoms with E-state index < -0.39 is 0 Å². The van der Waals surface area contributed by atoms with Crippen LogP contribution >= 0.6 is 0 Å². The van der Waals surface area contributed by atoms with Gasteiger partial charge in [0.1, 0.15) is 0 Å². The molecule has 0 radical (unpaired) electrons. The number of benzene rings is 1. The summed E-state index contributed by atoms with van der Waals surface area (Å²) in [4.78, 5) is 13.3. The third-order valence-corrected chi connectivity index (χ3v) is 2.57. The molecule has 0 fully saturated rings. The zero-order valence-corrected chi connectivity index (χ0v) is 11.5. The van der Waals surface area contributed by atoms with Gasteiger partial charge in [-0.3, -0.25) is 4.79 Å². The molecular formula is C14H21NO3. The Hall–Kier alpha value is -1.71. The Morgan fingerprint density at radius 1 is 1.28 bits per heavy atom. The van der Waals surface area contributed by atoms with E-state index in [0.717, 1.165) is 12.8 Å². The molecule has 0 saturated carbocycles.